The van der Waals surface area contributed by atoms with Crippen molar-refractivity contribution in [1.29, 1.82) is 0 Å². The largest absolute Gasteiger partial charge is 0.298 e. The van der Waals surface area contributed by atoms with Crippen molar-refractivity contribution in [3.63, 3.8) is 0 Å². The Labute approximate surface area is 144 Å². The number of benzene rings is 1. The molecule has 2 N–H and O–H groups in total. The minimum Gasteiger partial charge on any atom is -0.298 e. The predicted octanol–water partition coefficient (Wildman–Crippen LogP) is 2.28. The number of Topliss-reactive ketones (excluding diaryl/α,β-unsaturated/α-hetero) is 1. The molecule has 0 aliphatic heterocycles. The van der Waals surface area contributed by atoms with E-state index < -0.39 is 15.9 Å². The fraction of sp³-hybridized carbons (Fsp3) is 0.267. The number of nitrogens with zero attached hydrogens (tertiary/aromatic N) is 1. The molecule has 1 aromatic carbocycles. The van der Waals surface area contributed by atoms with Crippen LogP contribution in [0.15, 0.2) is 34.5 Å². The Morgan fingerprint density at radius 3 is 2.29 bits per heavy atom. The summed E-state index contributed by atoms with van der Waals surface area (Å²) >= 11 is 1.15. The molecular weight excluding hydrogens is 350 g/mol. The fourth-order valence-corrected chi connectivity index (χ4v) is 3.82. The molecule has 7 nitrogen and oxygen atoms in total. The number of thiazole rings is 1. The highest BCUT2D eigenvalue weighted by Crippen LogP contribution is 2.17. The van der Waals surface area contributed by atoms with E-state index in [2.05, 4.69) is 15.0 Å². The first-order chi connectivity index (χ1) is 11.2. The summed E-state index contributed by atoms with van der Waals surface area (Å²) in [5.74, 6) is -0.612. The zero-order chi connectivity index (χ0) is 17.9. The van der Waals surface area contributed by atoms with E-state index in [1.54, 1.807) is 19.2 Å². The molecule has 0 spiro atoms. The summed E-state index contributed by atoms with van der Waals surface area (Å²) in [6.45, 7) is 4.84. The van der Waals surface area contributed by atoms with E-state index in [1.165, 1.54) is 31.2 Å². The van der Waals surface area contributed by atoms with Gasteiger partial charge in [0.1, 0.15) is 5.69 Å². The molecule has 2 rings (SSSR count). The Morgan fingerprint density at radius 2 is 1.79 bits per heavy atom. The third kappa shape index (κ3) is 4.47. The molecule has 0 radical (unpaired) electrons. The molecule has 2 aromatic rings. The van der Waals surface area contributed by atoms with E-state index in [1.807, 2.05) is 0 Å². The third-order valence-electron chi connectivity index (χ3n) is 2.90. The molecule has 1 heterocycles. The first-order valence-electron chi connectivity index (χ1n) is 7.09. The summed E-state index contributed by atoms with van der Waals surface area (Å²) in [6.07, 6.45) is 0. The molecule has 0 unspecified atom stereocenters. The van der Waals surface area contributed by atoms with Crippen LogP contribution in [0.5, 0.6) is 0 Å². The van der Waals surface area contributed by atoms with Gasteiger partial charge in [0.15, 0.2) is 10.9 Å². The molecule has 24 heavy (non-hydrogen) atoms. The second-order valence-corrected chi connectivity index (χ2v) is 7.92. The number of carbonyl (C=O) groups excluding carboxylic acids is 2. The van der Waals surface area contributed by atoms with Crippen LogP contribution in [0.25, 0.3) is 0 Å². The van der Waals surface area contributed by atoms with Crippen LogP contribution in [0.1, 0.15) is 41.6 Å². The molecule has 0 aliphatic rings. The van der Waals surface area contributed by atoms with Gasteiger partial charge in [-0.1, -0.05) is 0 Å². The SMILES string of the molecule is CC(=O)c1csc(NC(=O)c2ccc(S(=O)(=O)NC(C)C)cc2)n1. The van der Waals surface area contributed by atoms with E-state index in [-0.39, 0.29) is 28.0 Å². The van der Waals surface area contributed by atoms with E-state index in [9.17, 15) is 18.0 Å². The minimum absolute atomic E-state index is 0.0841. The first-order valence-corrected chi connectivity index (χ1v) is 9.45. The van der Waals surface area contributed by atoms with Gasteiger partial charge in [-0.2, -0.15) is 0 Å². The average Bonchev–Trinajstić information content (AvgIpc) is 2.95. The lowest BCUT2D eigenvalue weighted by atomic mass is 10.2. The smallest absolute Gasteiger partial charge is 0.257 e. The third-order valence-corrected chi connectivity index (χ3v) is 5.34. The van der Waals surface area contributed by atoms with Gasteiger partial charge in [0.05, 0.1) is 4.90 Å². The van der Waals surface area contributed by atoms with Crippen LogP contribution in [-0.4, -0.2) is 31.1 Å². The number of nitrogens with one attached hydrogen (secondary N) is 2. The van der Waals surface area contributed by atoms with Crippen molar-refractivity contribution >= 4 is 38.2 Å². The summed E-state index contributed by atoms with van der Waals surface area (Å²) in [5.41, 5.74) is 0.578. The number of amides is 1. The number of hydrogen-bond acceptors (Lipinski definition) is 6. The molecule has 1 amide bonds. The molecule has 128 valence electrons. The number of aromatic nitrogens is 1. The number of carbonyl (C=O) groups is 2. The Kier molecular flexibility index (Phi) is 5.47. The van der Waals surface area contributed by atoms with Crippen molar-refractivity contribution in [2.45, 2.75) is 31.7 Å². The van der Waals surface area contributed by atoms with Crippen LogP contribution >= 0.6 is 11.3 Å². The Balaban J connectivity index is 2.12. The van der Waals surface area contributed by atoms with Crippen molar-refractivity contribution in [2.24, 2.45) is 0 Å². The van der Waals surface area contributed by atoms with Crippen molar-refractivity contribution in [3.05, 3.63) is 40.9 Å². The second-order valence-electron chi connectivity index (χ2n) is 5.35. The van der Waals surface area contributed by atoms with Gasteiger partial charge in [-0.25, -0.2) is 18.1 Å². The van der Waals surface area contributed by atoms with E-state index in [0.717, 1.165) is 11.3 Å². The molecule has 1 aromatic heterocycles. The maximum Gasteiger partial charge on any atom is 0.257 e. The van der Waals surface area contributed by atoms with E-state index >= 15 is 0 Å². The van der Waals surface area contributed by atoms with Gasteiger partial charge in [-0.3, -0.25) is 14.9 Å². The van der Waals surface area contributed by atoms with Gasteiger partial charge < -0.3 is 0 Å². The van der Waals surface area contributed by atoms with Gasteiger partial charge >= 0.3 is 0 Å². The predicted molar refractivity (Wildman–Crippen MR) is 92.0 cm³/mol. The standard InChI is InChI=1S/C15H17N3O4S2/c1-9(2)18-24(21,22)12-6-4-11(5-7-12)14(20)17-15-16-13(8-23-15)10(3)19/h4-9,18H,1-3H3,(H,16,17,20). The zero-order valence-corrected chi connectivity index (χ0v) is 15.0. The normalized spacial score (nSPS) is 11.5. The van der Waals surface area contributed by atoms with E-state index in [0.29, 0.717) is 5.13 Å². The Hall–Kier alpha value is -2.10. The summed E-state index contributed by atoms with van der Waals surface area (Å²) in [5, 5.41) is 4.44. The molecule has 9 heteroatoms. The topological polar surface area (TPSA) is 105 Å². The summed E-state index contributed by atoms with van der Waals surface area (Å²) in [4.78, 5) is 27.4. The molecule has 0 saturated heterocycles. The Morgan fingerprint density at radius 1 is 1.17 bits per heavy atom. The number of ketones is 1. The molecular formula is C15H17N3O4S2. The highest BCUT2D eigenvalue weighted by molar-refractivity contribution is 7.89. The number of sulfonamides is 1. The van der Waals surface area contributed by atoms with Crippen molar-refractivity contribution in [1.82, 2.24) is 9.71 Å². The molecule has 0 atom stereocenters. The van der Waals surface area contributed by atoms with Gasteiger partial charge in [-0.15, -0.1) is 11.3 Å². The first kappa shape index (κ1) is 18.2. The van der Waals surface area contributed by atoms with Crippen molar-refractivity contribution in [3.8, 4) is 0 Å². The highest BCUT2D eigenvalue weighted by atomic mass is 32.2. The van der Waals surface area contributed by atoms with Crippen LogP contribution in [0.2, 0.25) is 0 Å². The molecule has 0 aliphatic carbocycles. The molecule has 0 bridgehead atoms. The monoisotopic (exact) mass is 367 g/mol. The minimum atomic E-state index is -3.60. The van der Waals surface area contributed by atoms with Gasteiger partial charge in [-0.05, 0) is 38.1 Å². The van der Waals surface area contributed by atoms with Gasteiger partial charge in [0, 0.05) is 23.9 Å². The summed E-state index contributed by atoms with van der Waals surface area (Å²) in [7, 11) is -3.60. The van der Waals surface area contributed by atoms with Crippen molar-refractivity contribution in [2.75, 3.05) is 5.32 Å². The van der Waals surface area contributed by atoms with E-state index in [4.69, 9.17) is 0 Å². The maximum absolute atomic E-state index is 12.1. The highest BCUT2D eigenvalue weighted by Gasteiger charge is 2.16. The molecule has 0 saturated carbocycles. The van der Waals surface area contributed by atoms with Gasteiger partial charge in [0.2, 0.25) is 10.0 Å². The lowest BCUT2D eigenvalue weighted by Crippen LogP contribution is -2.30. The number of rotatable bonds is 6. The van der Waals surface area contributed by atoms with Crippen LogP contribution in [0, 0.1) is 0 Å². The summed E-state index contributed by atoms with van der Waals surface area (Å²) in [6, 6.07) is 5.34. The van der Waals surface area contributed by atoms with Crippen LogP contribution in [-0.2, 0) is 10.0 Å². The van der Waals surface area contributed by atoms with Crippen LogP contribution in [0.3, 0.4) is 0 Å². The van der Waals surface area contributed by atoms with Crippen LogP contribution < -0.4 is 10.0 Å². The lowest BCUT2D eigenvalue weighted by molar-refractivity contribution is 0.100. The Bertz CT molecular complexity index is 855. The van der Waals surface area contributed by atoms with Crippen molar-refractivity contribution < 1.29 is 18.0 Å². The number of anilines is 1. The molecule has 0 fully saturated rings. The number of hydrogen-bond donors (Lipinski definition) is 2. The summed E-state index contributed by atoms with van der Waals surface area (Å²) < 4.78 is 26.5. The maximum atomic E-state index is 12.1. The average molecular weight is 367 g/mol. The second kappa shape index (κ2) is 7.20. The lowest BCUT2D eigenvalue weighted by Gasteiger charge is -2.10. The van der Waals surface area contributed by atoms with Gasteiger partial charge in [0.25, 0.3) is 5.91 Å². The quantitative estimate of drug-likeness (QED) is 0.762. The fourth-order valence-electron chi connectivity index (χ4n) is 1.83. The zero-order valence-electron chi connectivity index (χ0n) is 13.4. The van der Waals surface area contributed by atoms with Crippen LogP contribution in [0.4, 0.5) is 5.13 Å².